The van der Waals surface area contributed by atoms with Crippen molar-refractivity contribution in [1.82, 2.24) is 10.2 Å². The van der Waals surface area contributed by atoms with Crippen LogP contribution < -0.4 is 5.32 Å². The third-order valence-corrected chi connectivity index (χ3v) is 7.30. The Labute approximate surface area is 224 Å². The Kier molecular flexibility index (Phi) is 9.02. The molecule has 190 valence electrons. The predicted octanol–water partition coefficient (Wildman–Crippen LogP) is 6.93. The van der Waals surface area contributed by atoms with E-state index in [-0.39, 0.29) is 30.2 Å². The zero-order chi connectivity index (χ0) is 25.8. The molecule has 0 aromatic heterocycles. The number of ether oxygens (including phenoxy) is 1. The Hall–Kier alpha value is -1.93. The van der Waals surface area contributed by atoms with Gasteiger partial charge in [0.05, 0.1) is 0 Å². The Bertz CT molecular complexity index is 1030. The van der Waals surface area contributed by atoms with Gasteiger partial charge in [0.25, 0.3) is 0 Å². The second kappa shape index (κ2) is 11.4. The van der Waals surface area contributed by atoms with Gasteiger partial charge >= 0.3 is 6.09 Å². The van der Waals surface area contributed by atoms with Gasteiger partial charge in [0.1, 0.15) is 11.4 Å². The molecule has 2 aromatic rings. The van der Waals surface area contributed by atoms with Gasteiger partial charge in [-0.25, -0.2) is 9.18 Å². The molecular formula is C27H33Br2FN2O3. The third-order valence-electron chi connectivity index (χ3n) is 6.39. The number of benzene rings is 2. The summed E-state index contributed by atoms with van der Waals surface area (Å²) in [5.74, 6) is -0.238. The van der Waals surface area contributed by atoms with Crippen molar-refractivity contribution < 1.29 is 18.7 Å². The maximum absolute atomic E-state index is 13.6. The van der Waals surface area contributed by atoms with Crippen LogP contribution in [-0.4, -0.2) is 42.1 Å². The summed E-state index contributed by atoms with van der Waals surface area (Å²) < 4.78 is 21.1. The van der Waals surface area contributed by atoms with E-state index < -0.39 is 11.0 Å². The lowest BCUT2D eigenvalue weighted by Crippen LogP contribution is -2.48. The van der Waals surface area contributed by atoms with Crippen molar-refractivity contribution in [2.24, 2.45) is 0 Å². The minimum absolute atomic E-state index is 0.0547. The van der Waals surface area contributed by atoms with Crippen LogP contribution in [0, 0.1) is 5.82 Å². The van der Waals surface area contributed by atoms with Crippen molar-refractivity contribution in [3.63, 3.8) is 0 Å². The van der Waals surface area contributed by atoms with Crippen molar-refractivity contribution in [3.8, 4) is 0 Å². The molecular weight excluding hydrogens is 579 g/mol. The number of carbonyl (C=O) groups excluding carboxylic acids is 2. The topological polar surface area (TPSA) is 58.6 Å². The maximum atomic E-state index is 13.6. The SMILES string of the molecule is CC(CNC(=O)CC1(c2ccc(F)cc2)CCN(C(=O)OC(C)(C)C)CC1)c1cc(Br)cc(Br)c1. The normalized spacial score (nSPS) is 16.5. The zero-order valence-corrected chi connectivity index (χ0v) is 23.8. The molecule has 1 saturated heterocycles. The smallest absolute Gasteiger partial charge is 0.410 e. The zero-order valence-electron chi connectivity index (χ0n) is 20.7. The molecule has 1 heterocycles. The van der Waals surface area contributed by atoms with E-state index in [1.807, 2.05) is 39.0 Å². The fourth-order valence-electron chi connectivity index (χ4n) is 4.43. The molecule has 2 amide bonds. The molecule has 0 aliphatic carbocycles. The monoisotopic (exact) mass is 610 g/mol. The van der Waals surface area contributed by atoms with Crippen LogP contribution in [0.1, 0.15) is 64.0 Å². The predicted molar refractivity (Wildman–Crippen MR) is 143 cm³/mol. The fraction of sp³-hybridized carbons (Fsp3) is 0.481. The highest BCUT2D eigenvalue weighted by molar-refractivity contribution is 9.11. The van der Waals surface area contributed by atoms with E-state index in [1.165, 1.54) is 12.1 Å². The number of carbonyl (C=O) groups is 2. The van der Waals surface area contributed by atoms with E-state index in [0.717, 1.165) is 20.1 Å². The van der Waals surface area contributed by atoms with Crippen LogP contribution in [0.5, 0.6) is 0 Å². The average molecular weight is 612 g/mol. The van der Waals surface area contributed by atoms with E-state index in [0.29, 0.717) is 32.5 Å². The lowest BCUT2D eigenvalue weighted by Gasteiger charge is -2.42. The summed E-state index contributed by atoms with van der Waals surface area (Å²) in [5, 5.41) is 3.09. The number of halogens is 3. The average Bonchev–Trinajstić information content (AvgIpc) is 2.76. The minimum Gasteiger partial charge on any atom is -0.444 e. The molecule has 35 heavy (non-hydrogen) atoms. The number of piperidine rings is 1. The maximum Gasteiger partial charge on any atom is 0.410 e. The van der Waals surface area contributed by atoms with Gasteiger partial charge in [-0.1, -0.05) is 50.9 Å². The molecule has 3 rings (SSSR count). The van der Waals surface area contributed by atoms with Gasteiger partial charge in [-0.05, 0) is 81.0 Å². The number of likely N-dealkylation sites (tertiary alicyclic amines) is 1. The first-order chi connectivity index (χ1) is 16.4. The standard InChI is InChI=1S/C27H33Br2FN2O3/c1-18(19-13-21(28)15-22(29)14-19)17-31-24(33)16-27(20-5-7-23(30)8-6-20)9-11-32(12-10-27)25(34)35-26(2,3)4/h5-8,13-15,18H,9-12,16-17H2,1-4H3,(H,31,33). The lowest BCUT2D eigenvalue weighted by atomic mass is 9.70. The molecule has 0 bridgehead atoms. The van der Waals surface area contributed by atoms with Gasteiger partial charge in [0.15, 0.2) is 0 Å². The number of hydrogen-bond acceptors (Lipinski definition) is 3. The van der Waals surface area contributed by atoms with Gasteiger partial charge in [-0.2, -0.15) is 0 Å². The van der Waals surface area contributed by atoms with Crippen molar-refractivity contribution in [2.45, 2.75) is 63.9 Å². The van der Waals surface area contributed by atoms with E-state index in [1.54, 1.807) is 17.0 Å². The number of amides is 2. The molecule has 0 radical (unpaired) electrons. The van der Waals surface area contributed by atoms with Crippen LogP contribution in [0.2, 0.25) is 0 Å². The van der Waals surface area contributed by atoms with Crippen LogP contribution in [0.25, 0.3) is 0 Å². The van der Waals surface area contributed by atoms with Crippen LogP contribution in [0.3, 0.4) is 0 Å². The van der Waals surface area contributed by atoms with Crippen LogP contribution >= 0.6 is 31.9 Å². The molecule has 1 aliphatic rings. The fourth-order valence-corrected chi connectivity index (χ4v) is 5.76. The molecule has 0 spiro atoms. The van der Waals surface area contributed by atoms with Gasteiger partial charge in [0.2, 0.25) is 5.91 Å². The van der Waals surface area contributed by atoms with Gasteiger partial charge in [-0.15, -0.1) is 0 Å². The van der Waals surface area contributed by atoms with Crippen molar-refractivity contribution in [1.29, 1.82) is 0 Å². The molecule has 1 N–H and O–H groups in total. The summed E-state index contributed by atoms with van der Waals surface area (Å²) in [5.41, 5.74) is 0.994. The van der Waals surface area contributed by atoms with Crippen LogP contribution in [-0.2, 0) is 14.9 Å². The Morgan fingerprint density at radius 3 is 2.20 bits per heavy atom. The first kappa shape index (κ1) is 27.7. The molecule has 1 aliphatic heterocycles. The summed E-state index contributed by atoms with van der Waals surface area (Å²) in [6.07, 6.45) is 1.12. The van der Waals surface area contributed by atoms with Gasteiger partial charge in [0, 0.05) is 40.4 Å². The van der Waals surface area contributed by atoms with Crippen LogP contribution in [0.15, 0.2) is 51.4 Å². The summed E-state index contributed by atoms with van der Waals surface area (Å²) in [6, 6.07) is 12.5. The van der Waals surface area contributed by atoms with E-state index in [2.05, 4.69) is 44.1 Å². The Morgan fingerprint density at radius 1 is 1.09 bits per heavy atom. The van der Waals surface area contributed by atoms with E-state index >= 15 is 0 Å². The van der Waals surface area contributed by atoms with Crippen molar-refractivity contribution in [3.05, 3.63) is 68.4 Å². The van der Waals surface area contributed by atoms with Crippen LogP contribution in [0.4, 0.5) is 9.18 Å². The van der Waals surface area contributed by atoms with E-state index in [9.17, 15) is 14.0 Å². The Balaban J connectivity index is 1.69. The molecule has 1 atom stereocenters. The van der Waals surface area contributed by atoms with Gasteiger partial charge < -0.3 is 15.0 Å². The summed E-state index contributed by atoms with van der Waals surface area (Å²) >= 11 is 7.03. The number of nitrogens with zero attached hydrogens (tertiary/aromatic N) is 1. The lowest BCUT2D eigenvalue weighted by molar-refractivity contribution is -0.122. The Morgan fingerprint density at radius 2 is 1.66 bits per heavy atom. The molecule has 8 heteroatoms. The molecule has 5 nitrogen and oxygen atoms in total. The third kappa shape index (κ3) is 7.78. The largest absolute Gasteiger partial charge is 0.444 e. The first-order valence-electron chi connectivity index (χ1n) is 11.8. The van der Waals surface area contributed by atoms with Crippen molar-refractivity contribution in [2.75, 3.05) is 19.6 Å². The molecule has 0 saturated carbocycles. The summed E-state index contributed by atoms with van der Waals surface area (Å²) in [4.78, 5) is 27.4. The summed E-state index contributed by atoms with van der Waals surface area (Å²) in [7, 11) is 0. The van der Waals surface area contributed by atoms with Crippen molar-refractivity contribution >= 4 is 43.9 Å². The molecule has 2 aromatic carbocycles. The minimum atomic E-state index is -0.566. The number of nitrogens with one attached hydrogen (secondary N) is 1. The highest BCUT2D eigenvalue weighted by Crippen LogP contribution is 2.39. The highest BCUT2D eigenvalue weighted by Gasteiger charge is 2.40. The van der Waals surface area contributed by atoms with E-state index in [4.69, 9.17) is 4.74 Å². The number of hydrogen-bond donors (Lipinski definition) is 1. The summed E-state index contributed by atoms with van der Waals surface area (Å²) in [6.45, 7) is 9.06. The highest BCUT2D eigenvalue weighted by atomic mass is 79.9. The quantitative estimate of drug-likeness (QED) is 0.385. The number of rotatable bonds is 6. The second-order valence-electron chi connectivity index (χ2n) is 10.3. The molecule has 1 fully saturated rings. The second-order valence-corrected chi connectivity index (χ2v) is 12.2. The first-order valence-corrected chi connectivity index (χ1v) is 13.4. The molecule has 1 unspecified atom stereocenters. The van der Waals surface area contributed by atoms with Gasteiger partial charge in [-0.3, -0.25) is 4.79 Å².